The standard InChI is InChI=1S/C34H49FN4O4/c1-23(2)25-20-29(32(42-3)30(35)21-25)31(34(40)41)39-17-14-27(22-39)38(18-19-43-28-12-13-28)16-6-4-5-9-26-11-10-24-8-7-15-36-33(24)37-26/h10-11,20-21,23,27-28,31H,4-9,12-19,22H2,1-3H3,(H,36,37)(H,40,41)/t27-,31-/m1/s1. The SMILES string of the molecule is COc1c(F)cc(C(C)C)cc1[C@H](C(=O)O)N1CC[C@@H](N(CCCCCc2ccc3c(n2)NCCC3)CCOC2CC2)C1. The van der Waals surface area contributed by atoms with Gasteiger partial charge in [0.25, 0.3) is 0 Å². The van der Waals surface area contributed by atoms with Crippen molar-refractivity contribution in [2.45, 2.75) is 95.7 Å². The molecule has 3 heterocycles. The van der Waals surface area contributed by atoms with Crippen LogP contribution >= 0.6 is 0 Å². The predicted octanol–water partition coefficient (Wildman–Crippen LogP) is 5.80. The van der Waals surface area contributed by atoms with Crippen LogP contribution in [0.4, 0.5) is 10.2 Å². The largest absolute Gasteiger partial charge is 0.493 e. The Bertz CT molecular complexity index is 1240. The molecule has 1 saturated heterocycles. The third kappa shape index (κ3) is 8.25. The van der Waals surface area contributed by atoms with Gasteiger partial charge in [-0.15, -0.1) is 0 Å². The van der Waals surface area contributed by atoms with Crippen LogP contribution in [0.2, 0.25) is 0 Å². The van der Waals surface area contributed by atoms with Gasteiger partial charge in [-0.1, -0.05) is 26.3 Å². The number of pyridine rings is 1. The van der Waals surface area contributed by atoms with Gasteiger partial charge in [0, 0.05) is 43.5 Å². The van der Waals surface area contributed by atoms with E-state index in [-0.39, 0.29) is 17.7 Å². The number of unbranched alkanes of at least 4 members (excludes halogenated alkanes) is 2. The van der Waals surface area contributed by atoms with Gasteiger partial charge < -0.3 is 19.9 Å². The van der Waals surface area contributed by atoms with Crippen LogP contribution in [-0.4, -0.2) is 84.4 Å². The molecule has 2 aliphatic heterocycles. The zero-order chi connectivity index (χ0) is 30.3. The van der Waals surface area contributed by atoms with E-state index >= 15 is 4.39 Å². The summed E-state index contributed by atoms with van der Waals surface area (Å²) in [5.74, 6) is -0.326. The second kappa shape index (κ2) is 14.8. The Hall–Kier alpha value is -2.75. The molecule has 0 spiro atoms. The molecule has 0 unspecified atom stereocenters. The van der Waals surface area contributed by atoms with Gasteiger partial charge in [0.05, 0.1) is 19.8 Å². The number of carboxylic acid groups (broad SMARTS) is 1. The van der Waals surface area contributed by atoms with Crippen LogP contribution in [0, 0.1) is 5.82 Å². The Kier molecular flexibility index (Phi) is 10.9. The number of carboxylic acids is 1. The van der Waals surface area contributed by atoms with E-state index in [1.165, 1.54) is 25.2 Å². The highest BCUT2D eigenvalue weighted by atomic mass is 19.1. The van der Waals surface area contributed by atoms with E-state index < -0.39 is 17.8 Å². The van der Waals surface area contributed by atoms with Gasteiger partial charge in [0.15, 0.2) is 11.6 Å². The second-order valence-corrected chi connectivity index (χ2v) is 12.7. The Morgan fingerprint density at radius 3 is 2.77 bits per heavy atom. The number of likely N-dealkylation sites (tertiary alicyclic amines) is 1. The number of aliphatic carboxylic acids is 1. The van der Waals surface area contributed by atoms with Gasteiger partial charge in [0.1, 0.15) is 11.9 Å². The van der Waals surface area contributed by atoms with Gasteiger partial charge in [-0.2, -0.15) is 0 Å². The number of fused-ring (bicyclic) bond motifs is 1. The lowest BCUT2D eigenvalue weighted by atomic mass is 9.95. The molecule has 5 rings (SSSR count). The fourth-order valence-corrected chi connectivity index (χ4v) is 6.53. The molecule has 3 aliphatic rings. The predicted molar refractivity (Wildman–Crippen MR) is 167 cm³/mol. The van der Waals surface area contributed by atoms with Crippen LogP contribution in [0.15, 0.2) is 24.3 Å². The Morgan fingerprint density at radius 2 is 2.02 bits per heavy atom. The number of nitrogens with one attached hydrogen (secondary N) is 1. The number of hydrogen-bond acceptors (Lipinski definition) is 7. The average Bonchev–Trinajstić information content (AvgIpc) is 3.70. The first-order chi connectivity index (χ1) is 20.8. The fraction of sp³-hybridized carbons (Fsp3) is 0.647. The van der Waals surface area contributed by atoms with Gasteiger partial charge in [-0.3, -0.25) is 14.6 Å². The van der Waals surface area contributed by atoms with Crippen LogP contribution in [-0.2, 0) is 22.4 Å². The minimum absolute atomic E-state index is 0.0270. The Balaban J connectivity index is 1.20. The van der Waals surface area contributed by atoms with E-state index in [9.17, 15) is 9.90 Å². The number of nitrogens with zero attached hydrogens (tertiary/aromatic N) is 3. The number of halogens is 1. The number of ether oxygens (including phenoxy) is 2. The average molecular weight is 597 g/mol. The number of aromatic nitrogens is 1. The molecule has 0 amide bonds. The van der Waals surface area contributed by atoms with E-state index in [0.717, 1.165) is 88.1 Å². The van der Waals surface area contributed by atoms with Gasteiger partial charge in [-0.05, 0) is 93.2 Å². The van der Waals surface area contributed by atoms with Crippen LogP contribution in [0.5, 0.6) is 5.75 Å². The van der Waals surface area contributed by atoms with Crippen molar-refractivity contribution in [3.8, 4) is 5.75 Å². The third-order valence-corrected chi connectivity index (χ3v) is 9.16. The first-order valence-electron chi connectivity index (χ1n) is 16.3. The quantitative estimate of drug-likeness (QED) is 0.235. The Morgan fingerprint density at radius 1 is 1.19 bits per heavy atom. The van der Waals surface area contributed by atoms with E-state index in [1.54, 1.807) is 0 Å². The minimum Gasteiger partial charge on any atom is -0.493 e. The molecule has 2 aromatic rings. The molecular formula is C34H49FN4O4. The van der Waals surface area contributed by atoms with Crippen LogP contribution in [0.1, 0.15) is 93.1 Å². The maximum atomic E-state index is 15.0. The summed E-state index contributed by atoms with van der Waals surface area (Å²) >= 11 is 0. The van der Waals surface area contributed by atoms with Crippen LogP contribution in [0.25, 0.3) is 0 Å². The molecule has 43 heavy (non-hydrogen) atoms. The van der Waals surface area contributed by atoms with E-state index in [1.807, 2.05) is 24.8 Å². The number of aryl methyl sites for hydroxylation is 2. The van der Waals surface area contributed by atoms with Crippen LogP contribution < -0.4 is 10.1 Å². The van der Waals surface area contributed by atoms with Crippen molar-refractivity contribution >= 4 is 11.8 Å². The zero-order valence-electron chi connectivity index (χ0n) is 26.1. The monoisotopic (exact) mass is 596 g/mol. The molecule has 8 nitrogen and oxygen atoms in total. The number of rotatable bonds is 16. The van der Waals surface area contributed by atoms with Crippen molar-refractivity contribution in [1.29, 1.82) is 0 Å². The zero-order valence-corrected chi connectivity index (χ0v) is 26.1. The molecule has 1 aliphatic carbocycles. The number of methoxy groups -OCH3 is 1. The summed E-state index contributed by atoms with van der Waals surface area (Å²) in [6.07, 6.45) is 10.1. The van der Waals surface area contributed by atoms with Crippen molar-refractivity contribution < 1.29 is 23.8 Å². The summed E-state index contributed by atoms with van der Waals surface area (Å²) in [4.78, 5) is 22.0. The summed E-state index contributed by atoms with van der Waals surface area (Å²) in [5, 5.41) is 13.8. The normalized spacial score (nSPS) is 19.4. The fourth-order valence-electron chi connectivity index (χ4n) is 6.53. The number of benzene rings is 1. The van der Waals surface area contributed by atoms with E-state index in [2.05, 4.69) is 22.3 Å². The molecule has 236 valence electrons. The molecule has 2 fully saturated rings. The van der Waals surface area contributed by atoms with Crippen molar-refractivity contribution in [2.24, 2.45) is 0 Å². The summed E-state index contributed by atoms with van der Waals surface area (Å²) in [7, 11) is 1.41. The van der Waals surface area contributed by atoms with Gasteiger partial charge in [-0.25, -0.2) is 9.37 Å². The van der Waals surface area contributed by atoms with Crippen molar-refractivity contribution in [3.05, 3.63) is 52.5 Å². The molecule has 9 heteroatoms. The lowest BCUT2D eigenvalue weighted by Crippen LogP contribution is -2.41. The molecule has 0 radical (unpaired) electrons. The summed E-state index contributed by atoms with van der Waals surface area (Å²) in [6, 6.07) is 6.94. The molecule has 2 atom stereocenters. The van der Waals surface area contributed by atoms with Crippen LogP contribution in [0.3, 0.4) is 0 Å². The molecule has 2 N–H and O–H groups in total. The lowest BCUT2D eigenvalue weighted by molar-refractivity contribution is -0.143. The molecular weight excluding hydrogens is 547 g/mol. The second-order valence-electron chi connectivity index (χ2n) is 12.7. The van der Waals surface area contributed by atoms with E-state index in [0.29, 0.717) is 31.4 Å². The van der Waals surface area contributed by atoms with E-state index in [4.69, 9.17) is 14.5 Å². The highest BCUT2D eigenvalue weighted by Crippen LogP contribution is 2.37. The smallest absolute Gasteiger partial charge is 0.325 e. The molecule has 1 aromatic heterocycles. The van der Waals surface area contributed by atoms with Gasteiger partial charge in [0.2, 0.25) is 0 Å². The topological polar surface area (TPSA) is 87.2 Å². The maximum Gasteiger partial charge on any atom is 0.325 e. The van der Waals surface area contributed by atoms with Crippen molar-refractivity contribution in [3.63, 3.8) is 0 Å². The highest BCUT2D eigenvalue weighted by Gasteiger charge is 2.38. The lowest BCUT2D eigenvalue weighted by Gasteiger charge is -2.31. The molecule has 1 saturated carbocycles. The van der Waals surface area contributed by atoms with Gasteiger partial charge >= 0.3 is 5.97 Å². The molecule has 1 aromatic carbocycles. The minimum atomic E-state index is -0.978. The molecule has 0 bridgehead atoms. The summed E-state index contributed by atoms with van der Waals surface area (Å²) in [5.41, 5.74) is 3.65. The Labute approximate surface area is 256 Å². The number of anilines is 1. The highest BCUT2D eigenvalue weighted by molar-refractivity contribution is 5.77. The van der Waals surface area contributed by atoms with Crippen molar-refractivity contribution in [1.82, 2.24) is 14.8 Å². The third-order valence-electron chi connectivity index (χ3n) is 9.16. The first kappa shape index (κ1) is 31.7. The number of hydrogen-bond donors (Lipinski definition) is 2. The first-order valence-corrected chi connectivity index (χ1v) is 16.3. The number of carbonyl (C=O) groups is 1. The summed E-state index contributed by atoms with van der Waals surface area (Å²) in [6.45, 7) is 8.70. The maximum absolute atomic E-state index is 15.0. The van der Waals surface area contributed by atoms with Crippen molar-refractivity contribution in [2.75, 3.05) is 51.8 Å². The summed E-state index contributed by atoms with van der Waals surface area (Å²) < 4.78 is 26.4.